The number of anilines is 1. The van der Waals surface area contributed by atoms with Crippen LogP contribution in [0.5, 0.6) is 0 Å². The molecule has 0 aliphatic rings. The van der Waals surface area contributed by atoms with Crippen LogP contribution in [-0.2, 0) is 4.79 Å². The first-order valence-corrected chi connectivity index (χ1v) is 9.33. The van der Waals surface area contributed by atoms with Crippen molar-refractivity contribution in [3.05, 3.63) is 65.3 Å². The van der Waals surface area contributed by atoms with Gasteiger partial charge in [-0.25, -0.2) is 9.97 Å². The molecule has 10 heteroatoms. The topological polar surface area (TPSA) is 119 Å². The monoisotopic (exact) mass is 421 g/mol. The van der Waals surface area contributed by atoms with E-state index in [4.69, 9.17) is 16.7 Å². The van der Waals surface area contributed by atoms with Crippen LogP contribution in [0, 0.1) is 6.92 Å². The van der Waals surface area contributed by atoms with Crippen LogP contribution >= 0.6 is 11.6 Å². The van der Waals surface area contributed by atoms with E-state index < -0.39 is 5.97 Å². The molecule has 0 amide bonds. The smallest absolute Gasteiger partial charge is 0.322 e. The minimum absolute atomic E-state index is 0.181. The van der Waals surface area contributed by atoms with E-state index in [1.54, 1.807) is 23.0 Å². The second-order valence-corrected chi connectivity index (χ2v) is 6.90. The van der Waals surface area contributed by atoms with E-state index >= 15 is 0 Å². The molecule has 0 aliphatic carbocycles. The number of halogens is 1. The molecule has 2 aromatic heterocycles. The van der Waals surface area contributed by atoms with Gasteiger partial charge in [0.2, 0.25) is 5.95 Å². The Morgan fingerprint density at radius 3 is 2.57 bits per heavy atom. The van der Waals surface area contributed by atoms with E-state index in [0.717, 1.165) is 16.8 Å². The van der Waals surface area contributed by atoms with Crippen molar-refractivity contribution in [1.82, 2.24) is 30.2 Å². The highest BCUT2D eigenvalue weighted by atomic mass is 35.5. The molecule has 4 rings (SSSR count). The average Bonchev–Trinajstić information content (AvgIpc) is 3.23. The lowest BCUT2D eigenvalue weighted by atomic mass is 10.1. The van der Waals surface area contributed by atoms with Crippen molar-refractivity contribution >= 4 is 23.5 Å². The van der Waals surface area contributed by atoms with Gasteiger partial charge in [-0.15, -0.1) is 5.10 Å². The van der Waals surface area contributed by atoms with Gasteiger partial charge in [0.15, 0.2) is 5.82 Å². The number of carboxylic acid groups (broad SMARTS) is 1. The van der Waals surface area contributed by atoms with Crippen molar-refractivity contribution in [1.29, 1.82) is 0 Å². The van der Waals surface area contributed by atoms with Crippen LogP contribution in [0.4, 0.5) is 5.95 Å². The van der Waals surface area contributed by atoms with Crippen LogP contribution in [0.15, 0.2) is 54.7 Å². The lowest BCUT2D eigenvalue weighted by Gasteiger charge is -2.11. The number of hydrogen-bond acceptors (Lipinski definition) is 7. The van der Waals surface area contributed by atoms with Gasteiger partial charge < -0.3 is 10.4 Å². The number of tetrazole rings is 1. The Bertz CT molecular complexity index is 1190. The fourth-order valence-electron chi connectivity index (χ4n) is 2.83. The summed E-state index contributed by atoms with van der Waals surface area (Å²) in [5, 5.41) is 24.3. The molecule has 150 valence electrons. The third-order valence-electron chi connectivity index (χ3n) is 4.29. The van der Waals surface area contributed by atoms with Gasteiger partial charge in [-0.2, -0.15) is 4.68 Å². The SMILES string of the molecule is Cc1ccc(-n2nnnc2-c2cnc(NCC(=O)O)nc2-c2ccc(Cl)cc2)cc1. The summed E-state index contributed by atoms with van der Waals surface area (Å²) in [7, 11) is 0. The third kappa shape index (κ3) is 4.11. The van der Waals surface area contributed by atoms with Gasteiger partial charge in [0.05, 0.1) is 16.9 Å². The predicted molar refractivity (Wildman–Crippen MR) is 111 cm³/mol. The largest absolute Gasteiger partial charge is 0.480 e. The van der Waals surface area contributed by atoms with Crippen LogP contribution in [-0.4, -0.2) is 47.8 Å². The number of carboxylic acids is 1. The second kappa shape index (κ2) is 8.26. The number of nitrogens with zero attached hydrogens (tertiary/aromatic N) is 6. The first-order chi connectivity index (χ1) is 14.5. The molecule has 0 atom stereocenters. The maximum absolute atomic E-state index is 10.9. The highest BCUT2D eigenvalue weighted by Crippen LogP contribution is 2.31. The Hall–Kier alpha value is -3.85. The molecular formula is C20H16ClN7O2. The number of carbonyl (C=O) groups is 1. The molecular weight excluding hydrogens is 406 g/mol. The molecule has 0 fully saturated rings. The number of rotatable bonds is 6. The van der Waals surface area contributed by atoms with Crippen molar-refractivity contribution < 1.29 is 9.90 Å². The Balaban J connectivity index is 1.84. The van der Waals surface area contributed by atoms with Crippen LogP contribution in [0.25, 0.3) is 28.3 Å². The molecule has 0 unspecified atom stereocenters. The van der Waals surface area contributed by atoms with Crippen molar-refractivity contribution in [2.24, 2.45) is 0 Å². The summed E-state index contributed by atoms with van der Waals surface area (Å²) in [6.45, 7) is 1.69. The Labute approximate surface area is 176 Å². The quantitative estimate of drug-likeness (QED) is 0.487. The van der Waals surface area contributed by atoms with Crippen molar-refractivity contribution in [2.45, 2.75) is 6.92 Å². The number of nitrogens with one attached hydrogen (secondary N) is 1. The molecule has 30 heavy (non-hydrogen) atoms. The first kappa shape index (κ1) is 19.5. The minimum Gasteiger partial charge on any atom is -0.480 e. The number of aryl methyl sites for hydroxylation is 1. The zero-order chi connectivity index (χ0) is 21.1. The Morgan fingerprint density at radius 2 is 1.87 bits per heavy atom. The standard InChI is InChI=1S/C20H16ClN7O2/c1-12-2-8-15(9-3-12)28-19(25-26-27-28)16-10-22-20(23-11-17(29)30)24-18(16)13-4-6-14(21)7-5-13/h2-10H,11H2,1H3,(H,29,30)(H,22,23,24). The third-order valence-corrected chi connectivity index (χ3v) is 4.55. The second-order valence-electron chi connectivity index (χ2n) is 6.46. The van der Waals surface area contributed by atoms with Crippen LogP contribution in [0.1, 0.15) is 5.56 Å². The highest BCUT2D eigenvalue weighted by Gasteiger charge is 2.19. The van der Waals surface area contributed by atoms with E-state index in [9.17, 15) is 4.79 Å². The predicted octanol–water partition coefficient (Wildman–Crippen LogP) is 3.24. The summed E-state index contributed by atoms with van der Waals surface area (Å²) in [6.07, 6.45) is 1.57. The zero-order valence-electron chi connectivity index (χ0n) is 15.8. The van der Waals surface area contributed by atoms with Gasteiger partial charge in [0.25, 0.3) is 0 Å². The molecule has 0 saturated heterocycles. The van der Waals surface area contributed by atoms with Crippen LogP contribution < -0.4 is 5.32 Å². The lowest BCUT2D eigenvalue weighted by Crippen LogP contribution is -2.14. The number of aromatic nitrogens is 6. The summed E-state index contributed by atoms with van der Waals surface area (Å²) < 4.78 is 1.60. The van der Waals surface area contributed by atoms with Crippen LogP contribution in [0.3, 0.4) is 0 Å². The van der Waals surface area contributed by atoms with E-state index in [1.165, 1.54) is 0 Å². The molecule has 0 saturated carbocycles. The maximum Gasteiger partial charge on any atom is 0.322 e. The molecule has 0 spiro atoms. The summed E-state index contributed by atoms with van der Waals surface area (Å²) in [5.41, 5.74) is 3.79. The maximum atomic E-state index is 10.9. The van der Waals surface area contributed by atoms with E-state index in [1.807, 2.05) is 43.3 Å². The van der Waals surface area contributed by atoms with Crippen LogP contribution in [0.2, 0.25) is 5.02 Å². The number of hydrogen-bond donors (Lipinski definition) is 2. The van der Waals surface area contributed by atoms with Crippen molar-refractivity contribution in [3.8, 4) is 28.3 Å². The zero-order valence-corrected chi connectivity index (χ0v) is 16.6. The van der Waals surface area contributed by atoms with Gasteiger partial charge >= 0.3 is 5.97 Å². The molecule has 0 radical (unpaired) electrons. The molecule has 0 bridgehead atoms. The number of aliphatic carboxylic acids is 1. The molecule has 4 aromatic rings. The molecule has 2 N–H and O–H groups in total. The van der Waals surface area contributed by atoms with Gasteiger partial charge in [-0.05, 0) is 41.6 Å². The Morgan fingerprint density at radius 1 is 1.13 bits per heavy atom. The van der Waals surface area contributed by atoms with E-state index in [-0.39, 0.29) is 12.5 Å². The first-order valence-electron chi connectivity index (χ1n) is 8.96. The summed E-state index contributed by atoms with van der Waals surface area (Å²) in [5.74, 6) is -0.381. The van der Waals surface area contributed by atoms with Gasteiger partial charge in [0, 0.05) is 16.8 Å². The van der Waals surface area contributed by atoms with Gasteiger partial charge in [-0.1, -0.05) is 41.4 Å². The van der Waals surface area contributed by atoms with Gasteiger partial charge in [0.1, 0.15) is 6.54 Å². The van der Waals surface area contributed by atoms with Crippen molar-refractivity contribution in [2.75, 3.05) is 11.9 Å². The van der Waals surface area contributed by atoms with Gasteiger partial charge in [-0.3, -0.25) is 4.79 Å². The molecule has 9 nitrogen and oxygen atoms in total. The summed E-state index contributed by atoms with van der Waals surface area (Å²) in [4.78, 5) is 19.6. The highest BCUT2D eigenvalue weighted by molar-refractivity contribution is 6.30. The minimum atomic E-state index is -1.01. The molecule has 0 aliphatic heterocycles. The lowest BCUT2D eigenvalue weighted by molar-refractivity contribution is -0.134. The normalized spacial score (nSPS) is 10.7. The Kier molecular flexibility index (Phi) is 5.36. The molecule has 2 heterocycles. The van der Waals surface area contributed by atoms with Crippen molar-refractivity contribution in [3.63, 3.8) is 0 Å². The fourth-order valence-corrected chi connectivity index (χ4v) is 2.95. The van der Waals surface area contributed by atoms with E-state index in [0.29, 0.717) is 22.1 Å². The van der Waals surface area contributed by atoms with E-state index in [2.05, 4.69) is 30.8 Å². The number of benzene rings is 2. The fraction of sp³-hybridized carbons (Fsp3) is 0.100. The summed E-state index contributed by atoms with van der Waals surface area (Å²) >= 11 is 6.03. The summed E-state index contributed by atoms with van der Waals surface area (Å²) in [6, 6.07) is 14.9. The molecule has 2 aromatic carbocycles. The average molecular weight is 422 g/mol.